The number of rotatable bonds is 8. The molecule has 0 saturated carbocycles. The Bertz CT molecular complexity index is 713. The second-order valence-corrected chi connectivity index (χ2v) is 6.56. The molecule has 0 spiro atoms. The van der Waals surface area contributed by atoms with Gasteiger partial charge in [-0.05, 0) is 25.8 Å². The maximum atomic E-state index is 12.4. The van der Waals surface area contributed by atoms with Gasteiger partial charge in [-0.1, -0.05) is 37.3 Å². The van der Waals surface area contributed by atoms with E-state index in [2.05, 4.69) is 17.6 Å². The molecule has 134 valence electrons. The highest BCUT2D eigenvalue weighted by Gasteiger charge is 2.22. The quantitative estimate of drug-likeness (QED) is 0.700. The number of ether oxygens (including phenoxy) is 1. The summed E-state index contributed by atoms with van der Waals surface area (Å²) in [5.74, 6) is -0.597. The summed E-state index contributed by atoms with van der Waals surface area (Å²) in [6.45, 7) is 6.33. The van der Waals surface area contributed by atoms with Crippen molar-refractivity contribution in [3.8, 4) is 11.1 Å². The summed E-state index contributed by atoms with van der Waals surface area (Å²) < 4.78 is 5.19. The minimum atomic E-state index is -0.423. The summed E-state index contributed by atoms with van der Waals surface area (Å²) in [5.41, 5.74) is 2.10. The van der Waals surface area contributed by atoms with Crippen LogP contribution < -0.4 is 10.6 Å². The Morgan fingerprint density at radius 1 is 1.20 bits per heavy atom. The summed E-state index contributed by atoms with van der Waals surface area (Å²) in [7, 11) is 0. The molecule has 2 aromatic rings. The number of anilines is 1. The van der Waals surface area contributed by atoms with Gasteiger partial charge in [-0.25, -0.2) is 4.79 Å². The zero-order valence-electron chi connectivity index (χ0n) is 14.8. The van der Waals surface area contributed by atoms with E-state index in [0.717, 1.165) is 17.5 Å². The van der Waals surface area contributed by atoms with Gasteiger partial charge in [0.1, 0.15) is 10.6 Å². The van der Waals surface area contributed by atoms with E-state index in [0.29, 0.717) is 10.6 Å². The van der Waals surface area contributed by atoms with Gasteiger partial charge >= 0.3 is 5.97 Å². The lowest BCUT2D eigenvalue weighted by Crippen LogP contribution is -2.34. The standard InChI is InChI=1S/C19H24N2O3S/c1-4-13(3)20-11-16(22)21-18-17(19(23)24-5-2)15(12-25-18)14-9-7-6-8-10-14/h6-10,12-13,20H,4-5,11H2,1-3H3,(H,21,22)/t13-/m0/s1. The van der Waals surface area contributed by atoms with E-state index in [1.54, 1.807) is 6.92 Å². The van der Waals surface area contributed by atoms with E-state index >= 15 is 0 Å². The van der Waals surface area contributed by atoms with Crippen LogP contribution in [-0.2, 0) is 9.53 Å². The zero-order chi connectivity index (χ0) is 18.2. The number of hydrogen-bond acceptors (Lipinski definition) is 5. The Kier molecular flexibility index (Phi) is 7.16. The van der Waals surface area contributed by atoms with Crippen molar-refractivity contribution in [2.75, 3.05) is 18.5 Å². The van der Waals surface area contributed by atoms with Crippen molar-refractivity contribution in [2.45, 2.75) is 33.2 Å². The zero-order valence-corrected chi connectivity index (χ0v) is 15.6. The lowest BCUT2D eigenvalue weighted by Gasteiger charge is -2.12. The van der Waals surface area contributed by atoms with Crippen LogP contribution in [0, 0.1) is 0 Å². The van der Waals surface area contributed by atoms with Crippen molar-refractivity contribution >= 4 is 28.2 Å². The predicted octanol–water partition coefficient (Wildman–Crippen LogP) is 3.92. The van der Waals surface area contributed by atoms with Gasteiger partial charge in [-0.3, -0.25) is 4.79 Å². The summed E-state index contributed by atoms with van der Waals surface area (Å²) >= 11 is 1.33. The first kappa shape index (κ1) is 19.1. The van der Waals surface area contributed by atoms with E-state index in [9.17, 15) is 9.59 Å². The fourth-order valence-electron chi connectivity index (χ4n) is 2.27. The molecule has 25 heavy (non-hydrogen) atoms. The van der Waals surface area contributed by atoms with Crippen LogP contribution in [0.3, 0.4) is 0 Å². The number of benzene rings is 1. The number of carbonyl (C=O) groups is 2. The molecule has 1 heterocycles. The summed E-state index contributed by atoms with van der Waals surface area (Å²) in [6, 6.07) is 9.87. The molecule has 1 atom stereocenters. The molecule has 0 bridgehead atoms. The van der Waals surface area contributed by atoms with Crippen LogP contribution >= 0.6 is 11.3 Å². The molecular weight excluding hydrogens is 336 g/mol. The van der Waals surface area contributed by atoms with Gasteiger partial charge in [0, 0.05) is 17.0 Å². The third-order valence-electron chi connectivity index (χ3n) is 3.83. The highest BCUT2D eigenvalue weighted by molar-refractivity contribution is 7.15. The predicted molar refractivity (Wildman–Crippen MR) is 102 cm³/mol. The molecule has 2 rings (SSSR count). The van der Waals surface area contributed by atoms with Crippen LogP contribution in [0.4, 0.5) is 5.00 Å². The number of hydrogen-bond donors (Lipinski definition) is 2. The number of esters is 1. The lowest BCUT2D eigenvalue weighted by molar-refractivity contribution is -0.115. The molecule has 1 aromatic carbocycles. The number of nitrogens with one attached hydrogen (secondary N) is 2. The molecule has 0 saturated heterocycles. The van der Waals surface area contributed by atoms with E-state index in [-0.39, 0.29) is 25.1 Å². The second-order valence-electron chi connectivity index (χ2n) is 5.68. The topological polar surface area (TPSA) is 67.4 Å². The number of thiophene rings is 1. The first-order chi connectivity index (χ1) is 12.1. The van der Waals surface area contributed by atoms with Crippen LogP contribution in [-0.4, -0.2) is 31.1 Å². The van der Waals surface area contributed by atoms with E-state index in [1.807, 2.05) is 42.6 Å². The fraction of sp³-hybridized carbons (Fsp3) is 0.368. The number of amides is 1. The van der Waals surface area contributed by atoms with E-state index in [1.165, 1.54) is 11.3 Å². The Hall–Kier alpha value is -2.18. The molecule has 0 fully saturated rings. The maximum absolute atomic E-state index is 12.4. The molecule has 1 amide bonds. The molecule has 1 aromatic heterocycles. The van der Waals surface area contributed by atoms with Crippen LogP contribution in [0.1, 0.15) is 37.6 Å². The van der Waals surface area contributed by atoms with Crippen molar-refractivity contribution in [2.24, 2.45) is 0 Å². The van der Waals surface area contributed by atoms with E-state index < -0.39 is 5.97 Å². The van der Waals surface area contributed by atoms with Gasteiger partial charge in [0.05, 0.1) is 13.2 Å². The monoisotopic (exact) mass is 360 g/mol. The van der Waals surface area contributed by atoms with Gasteiger partial charge in [0.25, 0.3) is 0 Å². The first-order valence-corrected chi connectivity index (χ1v) is 9.32. The van der Waals surface area contributed by atoms with Crippen molar-refractivity contribution in [3.05, 3.63) is 41.3 Å². The molecule has 0 radical (unpaired) electrons. The average molecular weight is 360 g/mol. The van der Waals surface area contributed by atoms with Crippen molar-refractivity contribution in [1.29, 1.82) is 0 Å². The molecule has 6 heteroatoms. The Morgan fingerprint density at radius 2 is 1.92 bits per heavy atom. The summed E-state index contributed by atoms with van der Waals surface area (Å²) in [5, 5.41) is 8.37. The molecular formula is C19H24N2O3S. The van der Waals surface area contributed by atoms with Gasteiger partial charge < -0.3 is 15.4 Å². The van der Waals surface area contributed by atoms with Crippen LogP contribution in [0.25, 0.3) is 11.1 Å². The Morgan fingerprint density at radius 3 is 2.56 bits per heavy atom. The Balaban J connectivity index is 2.24. The van der Waals surface area contributed by atoms with E-state index in [4.69, 9.17) is 4.74 Å². The average Bonchev–Trinajstić information content (AvgIpc) is 3.04. The highest BCUT2D eigenvalue weighted by Crippen LogP contribution is 2.36. The van der Waals surface area contributed by atoms with Gasteiger partial charge in [0.2, 0.25) is 5.91 Å². The van der Waals surface area contributed by atoms with Crippen LogP contribution in [0.15, 0.2) is 35.7 Å². The summed E-state index contributed by atoms with van der Waals surface area (Å²) in [6.07, 6.45) is 0.943. The minimum absolute atomic E-state index is 0.174. The minimum Gasteiger partial charge on any atom is -0.462 e. The van der Waals surface area contributed by atoms with Gasteiger partial charge in [-0.15, -0.1) is 11.3 Å². The molecule has 0 aliphatic heterocycles. The van der Waals surface area contributed by atoms with Crippen molar-refractivity contribution < 1.29 is 14.3 Å². The molecule has 0 aliphatic rings. The Labute approximate surface area is 152 Å². The largest absolute Gasteiger partial charge is 0.462 e. The molecule has 0 unspecified atom stereocenters. The first-order valence-electron chi connectivity index (χ1n) is 8.44. The molecule has 2 N–H and O–H groups in total. The normalized spacial score (nSPS) is 11.8. The third kappa shape index (κ3) is 5.14. The van der Waals surface area contributed by atoms with Crippen molar-refractivity contribution in [1.82, 2.24) is 5.32 Å². The number of carbonyl (C=O) groups excluding carboxylic acids is 2. The third-order valence-corrected chi connectivity index (χ3v) is 4.73. The lowest BCUT2D eigenvalue weighted by atomic mass is 10.0. The smallest absolute Gasteiger partial charge is 0.341 e. The van der Waals surface area contributed by atoms with Gasteiger partial charge in [-0.2, -0.15) is 0 Å². The summed E-state index contributed by atoms with van der Waals surface area (Å²) in [4.78, 5) is 24.6. The molecule has 5 nitrogen and oxygen atoms in total. The fourth-order valence-corrected chi connectivity index (χ4v) is 3.24. The van der Waals surface area contributed by atoms with Crippen LogP contribution in [0.5, 0.6) is 0 Å². The maximum Gasteiger partial charge on any atom is 0.341 e. The SMILES string of the molecule is CCOC(=O)c1c(-c2ccccc2)csc1NC(=O)CN[C@@H](C)CC. The molecule has 0 aliphatic carbocycles. The highest BCUT2D eigenvalue weighted by atomic mass is 32.1. The van der Waals surface area contributed by atoms with Crippen LogP contribution in [0.2, 0.25) is 0 Å². The second kappa shape index (κ2) is 9.34. The van der Waals surface area contributed by atoms with Gasteiger partial charge in [0.15, 0.2) is 0 Å². The van der Waals surface area contributed by atoms with Crippen molar-refractivity contribution in [3.63, 3.8) is 0 Å².